The molecular formula is C27H22ClF3N2OS. The molecular weight excluding hydrogens is 493 g/mol. The molecule has 1 amide bonds. The van der Waals surface area contributed by atoms with Gasteiger partial charge in [-0.25, -0.2) is 0 Å². The number of fused-ring (bicyclic) bond motifs is 2. The van der Waals surface area contributed by atoms with Crippen LogP contribution >= 0.6 is 22.9 Å². The van der Waals surface area contributed by atoms with Gasteiger partial charge in [0.1, 0.15) is 0 Å². The number of carbonyl (C=O) groups is 1. The lowest BCUT2D eigenvalue weighted by Crippen LogP contribution is -2.42. The summed E-state index contributed by atoms with van der Waals surface area (Å²) in [7, 11) is 1.91. The van der Waals surface area contributed by atoms with E-state index in [0.29, 0.717) is 17.9 Å². The molecule has 4 aromatic rings. The highest BCUT2D eigenvalue weighted by Crippen LogP contribution is 2.41. The molecule has 0 aliphatic carbocycles. The number of rotatable bonds is 3. The molecule has 0 N–H and O–H groups in total. The highest BCUT2D eigenvalue weighted by atomic mass is 35.5. The van der Waals surface area contributed by atoms with Gasteiger partial charge in [0.2, 0.25) is 0 Å². The van der Waals surface area contributed by atoms with Crippen molar-refractivity contribution >= 4 is 50.3 Å². The molecule has 3 aromatic carbocycles. The number of carbonyl (C=O) groups excluding carboxylic acids is 1. The van der Waals surface area contributed by atoms with E-state index in [1.54, 1.807) is 17.4 Å². The summed E-state index contributed by atoms with van der Waals surface area (Å²) in [5.41, 5.74) is 5.84. The van der Waals surface area contributed by atoms with Gasteiger partial charge in [-0.1, -0.05) is 54.1 Å². The number of alkyl halides is 3. The molecule has 0 atom stereocenters. The lowest BCUT2D eigenvalue weighted by molar-refractivity contribution is -0.185. The summed E-state index contributed by atoms with van der Waals surface area (Å²) in [4.78, 5) is 14.7. The fourth-order valence-corrected chi connectivity index (χ4v) is 6.02. The minimum Gasteiger partial charge on any atom is -0.343 e. The predicted molar refractivity (Wildman–Crippen MR) is 137 cm³/mol. The fourth-order valence-electron chi connectivity index (χ4n) is 4.72. The van der Waals surface area contributed by atoms with Crippen LogP contribution in [0.4, 0.5) is 24.5 Å². The van der Waals surface area contributed by atoms with Crippen molar-refractivity contribution in [2.24, 2.45) is 0 Å². The van der Waals surface area contributed by atoms with Crippen molar-refractivity contribution in [1.82, 2.24) is 4.90 Å². The van der Waals surface area contributed by atoms with E-state index in [0.717, 1.165) is 43.1 Å². The summed E-state index contributed by atoms with van der Waals surface area (Å²) in [6, 6.07) is 20.1. The lowest BCUT2D eigenvalue weighted by Gasteiger charge is -2.25. The Bertz CT molecular complexity index is 1400. The quantitative estimate of drug-likeness (QED) is 0.283. The van der Waals surface area contributed by atoms with Crippen molar-refractivity contribution in [2.45, 2.75) is 19.0 Å². The van der Waals surface area contributed by atoms with Crippen LogP contribution in [0.3, 0.4) is 0 Å². The number of halogens is 4. The van der Waals surface area contributed by atoms with E-state index < -0.39 is 12.1 Å². The summed E-state index contributed by atoms with van der Waals surface area (Å²) >= 11 is 8.30. The summed E-state index contributed by atoms with van der Waals surface area (Å²) in [6.07, 6.45) is -4.22. The normalized spacial score (nSPS) is 14.0. The largest absolute Gasteiger partial charge is 0.471 e. The number of hydrogen-bond acceptors (Lipinski definition) is 3. The Morgan fingerprint density at radius 2 is 1.77 bits per heavy atom. The molecule has 5 rings (SSSR count). The first-order chi connectivity index (χ1) is 16.7. The van der Waals surface area contributed by atoms with E-state index in [-0.39, 0.29) is 13.1 Å². The van der Waals surface area contributed by atoms with Crippen LogP contribution in [-0.2, 0) is 17.6 Å². The zero-order valence-corrected chi connectivity index (χ0v) is 20.5. The standard InChI is InChI=1S/C27H22ClF3N2OS/c1-32(19-8-9-21-22(16-35-24(21)15-19)17-5-3-2-4-6-17)25-20-12-14-33(26(34)27(29,30)31)13-11-18(20)7-10-23(25)28/h2-10,15-16H,11-14H2,1H3. The molecule has 8 heteroatoms. The van der Waals surface area contributed by atoms with Gasteiger partial charge in [-0.3, -0.25) is 4.79 Å². The Morgan fingerprint density at radius 3 is 2.51 bits per heavy atom. The van der Waals surface area contributed by atoms with Crippen molar-refractivity contribution in [2.75, 3.05) is 25.0 Å². The first-order valence-corrected chi connectivity index (χ1v) is 12.5. The molecule has 0 spiro atoms. The van der Waals surface area contributed by atoms with Crippen molar-refractivity contribution in [3.05, 3.63) is 82.2 Å². The van der Waals surface area contributed by atoms with E-state index in [1.807, 2.05) is 42.3 Å². The fraction of sp³-hybridized carbons (Fsp3) is 0.222. The molecule has 0 fully saturated rings. The Balaban J connectivity index is 1.48. The second kappa shape index (κ2) is 9.21. The van der Waals surface area contributed by atoms with E-state index in [2.05, 4.69) is 29.6 Å². The molecule has 35 heavy (non-hydrogen) atoms. The topological polar surface area (TPSA) is 23.6 Å². The number of hydrogen-bond donors (Lipinski definition) is 0. The molecule has 1 aliphatic heterocycles. The molecule has 3 nitrogen and oxygen atoms in total. The van der Waals surface area contributed by atoms with Crippen LogP contribution in [0.2, 0.25) is 5.02 Å². The Labute approximate surface area is 210 Å². The summed E-state index contributed by atoms with van der Waals surface area (Å²) in [5, 5.41) is 3.84. The summed E-state index contributed by atoms with van der Waals surface area (Å²) < 4.78 is 40.2. The van der Waals surface area contributed by atoms with Crippen molar-refractivity contribution in [1.29, 1.82) is 0 Å². The molecule has 1 aliphatic rings. The molecule has 0 saturated carbocycles. The van der Waals surface area contributed by atoms with E-state index in [4.69, 9.17) is 11.6 Å². The maximum atomic E-state index is 13.0. The molecule has 0 unspecified atom stereocenters. The summed E-state index contributed by atoms with van der Waals surface area (Å²) in [6.45, 7) is 0.0243. The monoisotopic (exact) mass is 514 g/mol. The first-order valence-electron chi connectivity index (χ1n) is 11.2. The average Bonchev–Trinajstić information content (AvgIpc) is 3.15. The van der Waals surface area contributed by atoms with Crippen LogP contribution in [0.5, 0.6) is 0 Å². The smallest absolute Gasteiger partial charge is 0.343 e. The number of anilines is 2. The van der Waals surface area contributed by atoms with E-state index >= 15 is 0 Å². The van der Waals surface area contributed by atoms with Gasteiger partial charge >= 0.3 is 12.1 Å². The number of thiophene rings is 1. The Hall–Kier alpha value is -3.03. The van der Waals surface area contributed by atoms with Gasteiger partial charge in [0.25, 0.3) is 0 Å². The predicted octanol–water partition coefficient (Wildman–Crippen LogP) is 7.48. The van der Waals surface area contributed by atoms with E-state index in [9.17, 15) is 18.0 Å². The molecule has 0 saturated heterocycles. The molecule has 0 bridgehead atoms. The first kappa shape index (κ1) is 23.7. The Morgan fingerprint density at radius 1 is 1.03 bits per heavy atom. The third-order valence-electron chi connectivity index (χ3n) is 6.51. The van der Waals surface area contributed by atoms with Crippen molar-refractivity contribution in [3.63, 3.8) is 0 Å². The third-order valence-corrected chi connectivity index (χ3v) is 7.76. The van der Waals surface area contributed by atoms with Crippen LogP contribution in [0.15, 0.2) is 66.0 Å². The molecule has 0 radical (unpaired) electrons. The van der Waals surface area contributed by atoms with Gasteiger partial charge in [-0.05, 0) is 53.1 Å². The van der Waals surface area contributed by atoms with E-state index in [1.165, 1.54) is 5.56 Å². The van der Waals surface area contributed by atoms with Crippen LogP contribution in [-0.4, -0.2) is 37.1 Å². The maximum absolute atomic E-state index is 13.0. The zero-order chi connectivity index (χ0) is 24.7. The second-order valence-corrected chi connectivity index (χ2v) is 9.90. The van der Waals surface area contributed by atoms with Gasteiger partial charge in [-0.15, -0.1) is 11.3 Å². The van der Waals surface area contributed by atoms with Crippen LogP contribution < -0.4 is 4.90 Å². The highest BCUT2D eigenvalue weighted by molar-refractivity contribution is 7.17. The van der Waals surface area contributed by atoms with Crippen LogP contribution in [0, 0.1) is 0 Å². The van der Waals surface area contributed by atoms with Gasteiger partial charge in [-0.2, -0.15) is 13.2 Å². The van der Waals surface area contributed by atoms with Gasteiger partial charge in [0.15, 0.2) is 0 Å². The number of benzene rings is 3. The van der Waals surface area contributed by atoms with Crippen LogP contribution in [0.1, 0.15) is 11.1 Å². The zero-order valence-electron chi connectivity index (χ0n) is 18.9. The minimum atomic E-state index is -4.87. The highest BCUT2D eigenvalue weighted by Gasteiger charge is 2.42. The van der Waals surface area contributed by atoms with Crippen molar-refractivity contribution < 1.29 is 18.0 Å². The van der Waals surface area contributed by atoms with Gasteiger partial charge in [0.05, 0.1) is 10.7 Å². The maximum Gasteiger partial charge on any atom is 0.471 e. The summed E-state index contributed by atoms with van der Waals surface area (Å²) in [5.74, 6) is -1.79. The minimum absolute atomic E-state index is 0.00305. The molecule has 1 aromatic heterocycles. The Kier molecular flexibility index (Phi) is 6.23. The third kappa shape index (κ3) is 4.50. The number of amides is 1. The molecule has 180 valence electrons. The van der Waals surface area contributed by atoms with Gasteiger partial charge in [0, 0.05) is 41.5 Å². The SMILES string of the molecule is CN(c1ccc2c(-c3ccccc3)csc2c1)c1c(Cl)ccc2c1CCN(C(=O)C(F)(F)F)CC2. The van der Waals surface area contributed by atoms with Crippen LogP contribution in [0.25, 0.3) is 21.2 Å². The second-order valence-electron chi connectivity index (χ2n) is 8.58. The van der Waals surface area contributed by atoms with Gasteiger partial charge < -0.3 is 9.80 Å². The average molecular weight is 515 g/mol. The van der Waals surface area contributed by atoms with Crippen molar-refractivity contribution in [3.8, 4) is 11.1 Å². The number of nitrogens with zero attached hydrogens (tertiary/aromatic N) is 2. The molecule has 2 heterocycles. The lowest BCUT2D eigenvalue weighted by atomic mass is 9.99.